The third-order valence-electron chi connectivity index (χ3n) is 4.46. The number of hydrogen-bond donors (Lipinski definition) is 0. The van der Waals surface area contributed by atoms with Gasteiger partial charge in [-0.25, -0.2) is 4.79 Å². The Balaban J connectivity index is 2.16. The van der Waals surface area contributed by atoms with E-state index in [4.69, 9.17) is 14.2 Å². The highest BCUT2D eigenvalue weighted by Crippen LogP contribution is 2.26. The predicted molar refractivity (Wildman–Crippen MR) is 85.4 cm³/mol. The van der Waals surface area contributed by atoms with Crippen LogP contribution in [0.15, 0.2) is 12.0 Å². The molecule has 124 valence electrons. The number of esters is 1. The number of benzene rings is 1. The Bertz CT molecular complexity index is 656. The zero-order valence-corrected chi connectivity index (χ0v) is 14.2. The number of carbonyl (C=O) groups is 2. The van der Waals surface area contributed by atoms with E-state index in [-0.39, 0.29) is 18.1 Å². The first-order chi connectivity index (χ1) is 10.8. The Morgan fingerprint density at radius 2 is 1.52 bits per heavy atom. The Morgan fingerprint density at radius 3 is 2.04 bits per heavy atom. The van der Waals surface area contributed by atoms with E-state index in [2.05, 4.69) is 0 Å². The Kier molecular flexibility index (Phi) is 5.08. The summed E-state index contributed by atoms with van der Waals surface area (Å²) in [6.45, 7) is 10.3. The first kappa shape index (κ1) is 17.1. The van der Waals surface area contributed by atoms with Crippen LogP contribution in [0.1, 0.15) is 38.2 Å². The van der Waals surface area contributed by atoms with Gasteiger partial charge >= 0.3 is 5.97 Å². The van der Waals surface area contributed by atoms with Crippen molar-refractivity contribution >= 4 is 11.8 Å². The Hall–Kier alpha value is -2.30. The van der Waals surface area contributed by atoms with Gasteiger partial charge < -0.3 is 14.2 Å². The van der Waals surface area contributed by atoms with Crippen LogP contribution in [-0.4, -0.2) is 31.6 Å². The van der Waals surface area contributed by atoms with Gasteiger partial charge in [0.15, 0.2) is 6.61 Å². The van der Waals surface area contributed by atoms with Gasteiger partial charge in [0.2, 0.25) is 11.5 Å². The molecule has 0 aromatic heterocycles. The molecular formula is C18H22O5. The predicted octanol–water partition coefficient (Wildman–Crippen LogP) is 2.84. The van der Waals surface area contributed by atoms with Crippen molar-refractivity contribution in [2.24, 2.45) is 0 Å². The van der Waals surface area contributed by atoms with Crippen molar-refractivity contribution in [2.45, 2.75) is 34.6 Å². The normalized spacial score (nSPS) is 13.7. The molecule has 0 fully saturated rings. The lowest BCUT2D eigenvalue weighted by Crippen LogP contribution is -2.21. The van der Waals surface area contributed by atoms with Gasteiger partial charge in [0.05, 0.1) is 0 Å². The molecule has 0 N–H and O–H groups in total. The van der Waals surface area contributed by atoms with Gasteiger partial charge in [-0.05, 0) is 62.4 Å². The maximum Gasteiger partial charge on any atom is 0.377 e. The van der Waals surface area contributed by atoms with Crippen LogP contribution < -0.4 is 0 Å². The highest BCUT2D eigenvalue weighted by atomic mass is 16.6. The average Bonchev–Trinajstić information content (AvgIpc) is 2.57. The fourth-order valence-corrected chi connectivity index (χ4v) is 2.67. The largest absolute Gasteiger partial charge is 0.493 e. The molecule has 0 spiro atoms. The van der Waals surface area contributed by atoms with Crippen molar-refractivity contribution in [3.63, 3.8) is 0 Å². The summed E-state index contributed by atoms with van der Waals surface area (Å²) < 4.78 is 15.2. The van der Waals surface area contributed by atoms with Crippen LogP contribution in [0.3, 0.4) is 0 Å². The van der Waals surface area contributed by atoms with Crippen molar-refractivity contribution in [3.05, 3.63) is 45.4 Å². The van der Waals surface area contributed by atoms with Crippen molar-refractivity contribution < 1.29 is 23.8 Å². The molecule has 5 heteroatoms. The second-order valence-corrected chi connectivity index (χ2v) is 5.70. The molecular weight excluding hydrogens is 296 g/mol. The summed E-state index contributed by atoms with van der Waals surface area (Å²) in [7, 11) is 0. The molecule has 1 heterocycles. The van der Waals surface area contributed by atoms with E-state index < -0.39 is 5.97 Å². The molecule has 2 rings (SSSR count). The van der Waals surface area contributed by atoms with Crippen molar-refractivity contribution in [1.29, 1.82) is 0 Å². The molecule has 1 aliphatic heterocycles. The van der Waals surface area contributed by atoms with Crippen LogP contribution >= 0.6 is 0 Å². The smallest absolute Gasteiger partial charge is 0.377 e. The SMILES string of the molecule is Cc1c(C)c(C)c(C(=O)COC(=O)C2=COCCO2)c(C)c1C. The summed E-state index contributed by atoms with van der Waals surface area (Å²) in [6.07, 6.45) is 1.22. The molecule has 5 nitrogen and oxygen atoms in total. The number of ether oxygens (including phenoxy) is 3. The number of Topliss-reactive ketones (excluding diaryl/α,β-unsaturated/α-hetero) is 1. The van der Waals surface area contributed by atoms with Gasteiger partial charge in [-0.1, -0.05) is 0 Å². The molecule has 1 aromatic carbocycles. The molecule has 0 aliphatic carbocycles. The molecule has 1 aliphatic rings. The summed E-state index contributed by atoms with van der Waals surface area (Å²) in [5.41, 5.74) is 5.87. The standard InChI is InChI=1S/C18H22O5/c1-10-11(2)13(4)17(14(5)12(10)3)15(19)8-23-18(20)16-9-21-6-7-22-16/h9H,6-8H2,1-5H3. The highest BCUT2D eigenvalue weighted by molar-refractivity contribution is 6.01. The number of carbonyl (C=O) groups excluding carboxylic acids is 2. The third kappa shape index (κ3) is 3.38. The topological polar surface area (TPSA) is 61.8 Å². The molecule has 0 amide bonds. The summed E-state index contributed by atoms with van der Waals surface area (Å²) in [5, 5.41) is 0. The molecule has 0 bridgehead atoms. The maximum absolute atomic E-state index is 12.5. The summed E-state index contributed by atoms with van der Waals surface area (Å²) in [4.78, 5) is 24.4. The fraction of sp³-hybridized carbons (Fsp3) is 0.444. The molecule has 1 aromatic rings. The van der Waals surface area contributed by atoms with E-state index in [1.165, 1.54) is 11.8 Å². The molecule has 0 saturated heterocycles. The number of ketones is 1. The Morgan fingerprint density at radius 1 is 0.957 bits per heavy atom. The molecule has 0 unspecified atom stereocenters. The summed E-state index contributed by atoms with van der Waals surface area (Å²) >= 11 is 0. The lowest BCUT2D eigenvalue weighted by Gasteiger charge is -2.18. The molecule has 0 saturated carbocycles. The quantitative estimate of drug-likeness (QED) is 0.631. The zero-order valence-electron chi connectivity index (χ0n) is 14.2. The molecule has 0 atom stereocenters. The molecule has 23 heavy (non-hydrogen) atoms. The van der Waals surface area contributed by atoms with Crippen LogP contribution in [0.25, 0.3) is 0 Å². The van der Waals surface area contributed by atoms with E-state index in [0.29, 0.717) is 18.8 Å². The van der Waals surface area contributed by atoms with Crippen molar-refractivity contribution in [2.75, 3.05) is 19.8 Å². The number of rotatable bonds is 4. The monoisotopic (exact) mass is 318 g/mol. The van der Waals surface area contributed by atoms with Gasteiger partial charge in [0.1, 0.15) is 19.5 Å². The van der Waals surface area contributed by atoms with Crippen LogP contribution in [0.5, 0.6) is 0 Å². The first-order valence-corrected chi connectivity index (χ1v) is 7.56. The second kappa shape index (κ2) is 6.86. The van der Waals surface area contributed by atoms with E-state index in [1.807, 2.05) is 34.6 Å². The zero-order chi connectivity index (χ0) is 17.1. The number of hydrogen-bond acceptors (Lipinski definition) is 5. The molecule has 0 radical (unpaired) electrons. The Labute approximate surface area is 136 Å². The van der Waals surface area contributed by atoms with Gasteiger partial charge in [-0.15, -0.1) is 0 Å². The lowest BCUT2D eigenvalue weighted by molar-refractivity contribution is -0.143. The van der Waals surface area contributed by atoms with Gasteiger partial charge in [0, 0.05) is 5.56 Å². The van der Waals surface area contributed by atoms with Crippen LogP contribution in [0, 0.1) is 34.6 Å². The van der Waals surface area contributed by atoms with Crippen LogP contribution in [-0.2, 0) is 19.0 Å². The van der Waals surface area contributed by atoms with Gasteiger partial charge in [0.25, 0.3) is 0 Å². The van der Waals surface area contributed by atoms with Gasteiger partial charge in [-0.3, -0.25) is 4.79 Å². The minimum Gasteiger partial charge on any atom is -0.493 e. The fourth-order valence-electron chi connectivity index (χ4n) is 2.67. The van der Waals surface area contributed by atoms with Crippen molar-refractivity contribution in [1.82, 2.24) is 0 Å². The average molecular weight is 318 g/mol. The maximum atomic E-state index is 12.5. The van der Waals surface area contributed by atoms with Crippen molar-refractivity contribution in [3.8, 4) is 0 Å². The van der Waals surface area contributed by atoms with E-state index in [0.717, 1.165) is 22.3 Å². The van der Waals surface area contributed by atoms with Crippen LogP contribution in [0.2, 0.25) is 0 Å². The minimum atomic E-state index is -0.686. The summed E-state index contributed by atoms with van der Waals surface area (Å²) in [6, 6.07) is 0. The van der Waals surface area contributed by atoms with Gasteiger partial charge in [-0.2, -0.15) is 0 Å². The highest BCUT2D eigenvalue weighted by Gasteiger charge is 2.22. The van der Waals surface area contributed by atoms with Crippen LogP contribution in [0.4, 0.5) is 0 Å². The van der Waals surface area contributed by atoms with E-state index >= 15 is 0 Å². The second-order valence-electron chi connectivity index (χ2n) is 5.70. The lowest BCUT2D eigenvalue weighted by atomic mass is 9.88. The first-order valence-electron chi connectivity index (χ1n) is 7.56. The van der Waals surface area contributed by atoms with E-state index in [9.17, 15) is 9.59 Å². The minimum absolute atomic E-state index is 0.00578. The summed E-state index contributed by atoms with van der Waals surface area (Å²) in [5.74, 6) is -0.903. The third-order valence-corrected chi connectivity index (χ3v) is 4.46. The van der Waals surface area contributed by atoms with E-state index in [1.54, 1.807) is 0 Å².